The Bertz CT molecular complexity index is 808. The second-order valence-corrected chi connectivity index (χ2v) is 6.78. The number of aromatic nitrogens is 1. The van der Waals surface area contributed by atoms with Gasteiger partial charge in [0.2, 0.25) is 0 Å². The Hall–Kier alpha value is -2.73. The largest absolute Gasteiger partial charge is 0.484 e. The topological polar surface area (TPSA) is 42.4 Å². The minimum atomic E-state index is -0.335. The van der Waals surface area contributed by atoms with Gasteiger partial charge in [0.1, 0.15) is 11.6 Å². The fourth-order valence-corrected chi connectivity index (χ4v) is 3.17. The summed E-state index contributed by atoms with van der Waals surface area (Å²) in [4.78, 5) is 19.8. The molecule has 0 radical (unpaired) electrons. The second kappa shape index (κ2) is 9.10. The summed E-state index contributed by atoms with van der Waals surface area (Å²) in [6, 6.07) is 13.5. The maximum Gasteiger partial charge on any atom is 0.260 e. The minimum Gasteiger partial charge on any atom is -0.484 e. The summed E-state index contributed by atoms with van der Waals surface area (Å²) in [6.45, 7) is 0.988. The number of benzene rings is 1. The van der Waals surface area contributed by atoms with Gasteiger partial charge in [-0.25, -0.2) is 4.39 Å². The van der Waals surface area contributed by atoms with E-state index in [1.807, 2.05) is 23.6 Å². The SMILES string of the molecule is O=C(COc1ccc(F)cc1)N(CCc1cccs1)Cc1cccnc1. The van der Waals surface area contributed by atoms with Crippen molar-refractivity contribution in [1.29, 1.82) is 0 Å². The van der Waals surface area contributed by atoms with Gasteiger partial charge in [0, 0.05) is 30.4 Å². The number of amides is 1. The minimum absolute atomic E-state index is 0.0870. The first kappa shape index (κ1) is 18.1. The van der Waals surface area contributed by atoms with Crippen LogP contribution in [-0.2, 0) is 17.8 Å². The maximum atomic E-state index is 13.0. The van der Waals surface area contributed by atoms with Crippen LogP contribution >= 0.6 is 11.3 Å². The van der Waals surface area contributed by atoms with Gasteiger partial charge in [-0.15, -0.1) is 11.3 Å². The van der Waals surface area contributed by atoms with Crippen LogP contribution in [0.5, 0.6) is 5.75 Å². The lowest BCUT2D eigenvalue weighted by atomic mass is 10.2. The third-order valence-corrected chi connectivity index (χ3v) is 4.77. The van der Waals surface area contributed by atoms with Crippen molar-refractivity contribution in [2.24, 2.45) is 0 Å². The number of nitrogens with zero attached hydrogens (tertiary/aromatic N) is 2. The van der Waals surface area contributed by atoms with Gasteiger partial charge in [0.05, 0.1) is 0 Å². The molecule has 134 valence electrons. The Labute approximate surface area is 155 Å². The summed E-state index contributed by atoms with van der Waals surface area (Å²) in [7, 11) is 0. The van der Waals surface area contributed by atoms with E-state index in [2.05, 4.69) is 11.1 Å². The van der Waals surface area contributed by atoms with E-state index in [1.54, 1.807) is 28.6 Å². The van der Waals surface area contributed by atoms with Crippen LogP contribution in [-0.4, -0.2) is 28.9 Å². The van der Waals surface area contributed by atoms with Gasteiger partial charge in [-0.2, -0.15) is 0 Å². The Balaban J connectivity index is 1.62. The zero-order chi connectivity index (χ0) is 18.2. The fraction of sp³-hybridized carbons (Fsp3) is 0.200. The van der Waals surface area contributed by atoms with Gasteiger partial charge in [-0.05, 0) is 53.8 Å². The van der Waals surface area contributed by atoms with Crippen LogP contribution in [0.2, 0.25) is 0 Å². The highest BCUT2D eigenvalue weighted by atomic mass is 32.1. The molecule has 0 fully saturated rings. The van der Waals surface area contributed by atoms with Crippen LogP contribution in [0.1, 0.15) is 10.4 Å². The molecular formula is C20H19FN2O2S. The van der Waals surface area contributed by atoms with Gasteiger partial charge in [0.15, 0.2) is 6.61 Å². The maximum absolute atomic E-state index is 13.0. The summed E-state index contributed by atoms with van der Waals surface area (Å²) in [6.07, 6.45) is 4.26. The molecule has 2 heterocycles. The van der Waals surface area contributed by atoms with E-state index in [1.165, 1.54) is 29.1 Å². The molecule has 0 atom stereocenters. The Kier molecular flexibility index (Phi) is 6.33. The van der Waals surface area contributed by atoms with Crippen molar-refractivity contribution >= 4 is 17.2 Å². The Morgan fingerprint density at radius 3 is 2.69 bits per heavy atom. The van der Waals surface area contributed by atoms with Crippen molar-refractivity contribution in [3.63, 3.8) is 0 Å². The number of pyridine rings is 1. The number of thiophene rings is 1. The van der Waals surface area contributed by atoms with Crippen LogP contribution in [0.4, 0.5) is 4.39 Å². The number of rotatable bonds is 8. The molecule has 1 aromatic carbocycles. The summed E-state index contributed by atoms with van der Waals surface area (Å²) < 4.78 is 18.5. The molecule has 0 aliphatic heterocycles. The fourth-order valence-electron chi connectivity index (χ4n) is 2.47. The van der Waals surface area contributed by atoms with Crippen LogP contribution < -0.4 is 4.74 Å². The lowest BCUT2D eigenvalue weighted by Crippen LogP contribution is -2.36. The van der Waals surface area contributed by atoms with Crippen molar-refractivity contribution in [2.45, 2.75) is 13.0 Å². The van der Waals surface area contributed by atoms with E-state index < -0.39 is 0 Å². The van der Waals surface area contributed by atoms with E-state index in [0.29, 0.717) is 18.8 Å². The molecule has 0 aliphatic rings. The predicted molar refractivity (Wildman–Crippen MR) is 99.6 cm³/mol. The van der Waals surface area contributed by atoms with Crippen LogP contribution in [0.3, 0.4) is 0 Å². The smallest absolute Gasteiger partial charge is 0.260 e. The zero-order valence-corrected chi connectivity index (χ0v) is 15.0. The number of carbonyl (C=O) groups is 1. The lowest BCUT2D eigenvalue weighted by molar-refractivity contribution is -0.134. The Morgan fingerprint density at radius 1 is 1.15 bits per heavy atom. The van der Waals surface area contributed by atoms with Crippen LogP contribution in [0.25, 0.3) is 0 Å². The highest BCUT2D eigenvalue weighted by molar-refractivity contribution is 7.09. The molecule has 1 amide bonds. The third kappa shape index (κ3) is 5.39. The summed E-state index contributed by atoms with van der Waals surface area (Å²) in [5.74, 6) is 0.0203. The predicted octanol–water partition coefficient (Wildman–Crippen LogP) is 3.93. The van der Waals surface area contributed by atoms with Gasteiger partial charge in [-0.3, -0.25) is 9.78 Å². The van der Waals surface area contributed by atoms with E-state index in [0.717, 1.165) is 12.0 Å². The molecule has 26 heavy (non-hydrogen) atoms. The molecule has 0 spiro atoms. The molecule has 6 heteroatoms. The van der Waals surface area contributed by atoms with E-state index >= 15 is 0 Å². The number of hydrogen-bond acceptors (Lipinski definition) is 4. The summed E-state index contributed by atoms with van der Waals surface area (Å²) in [5.41, 5.74) is 0.966. The first-order valence-corrected chi connectivity index (χ1v) is 9.16. The van der Waals surface area contributed by atoms with Crippen molar-refractivity contribution in [1.82, 2.24) is 9.88 Å². The molecular weight excluding hydrogens is 351 g/mol. The van der Waals surface area contributed by atoms with E-state index in [9.17, 15) is 9.18 Å². The standard InChI is InChI=1S/C20H19FN2O2S/c21-17-5-7-18(8-6-17)25-15-20(24)23(11-9-19-4-2-12-26-19)14-16-3-1-10-22-13-16/h1-8,10,12-13H,9,11,14-15H2. The van der Waals surface area contributed by atoms with E-state index in [4.69, 9.17) is 4.74 Å². The molecule has 0 unspecified atom stereocenters. The molecule has 0 aliphatic carbocycles. The van der Waals surface area contributed by atoms with Crippen LogP contribution in [0, 0.1) is 5.82 Å². The molecule has 4 nitrogen and oxygen atoms in total. The van der Waals surface area contributed by atoms with Gasteiger partial charge in [0.25, 0.3) is 5.91 Å². The quantitative estimate of drug-likeness (QED) is 0.603. The van der Waals surface area contributed by atoms with E-state index in [-0.39, 0.29) is 18.3 Å². The second-order valence-electron chi connectivity index (χ2n) is 5.75. The van der Waals surface area contributed by atoms with Crippen molar-refractivity contribution in [2.75, 3.05) is 13.2 Å². The first-order chi connectivity index (χ1) is 12.7. The number of halogens is 1. The highest BCUT2D eigenvalue weighted by Crippen LogP contribution is 2.14. The van der Waals surface area contributed by atoms with Crippen molar-refractivity contribution < 1.29 is 13.9 Å². The molecule has 3 rings (SSSR count). The molecule has 0 N–H and O–H groups in total. The average Bonchev–Trinajstić information content (AvgIpc) is 3.19. The molecule has 0 bridgehead atoms. The molecule has 2 aromatic heterocycles. The lowest BCUT2D eigenvalue weighted by Gasteiger charge is -2.22. The molecule has 0 saturated carbocycles. The average molecular weight is 370 g/mol. The molecule has 0 saturated heterocycles. The highest BCUT2D eigenvalue weighted by Gasteiger charge is 2.15. The van der Waals surface area contributed by atoms with Gasteiger partial charge >= 0.3 is 0 Å². The molecule has 3 aromatic rings. The number of hydrogen-bond donors (Lipinski definition) is 0. The summed E-state index contributed by atoms with van der Waals surface area (Å²) in [5, 5.41) is 2.03. The number of ether oxygens (including phenoxy) is 1. The van der Waals surface area contributed by atoms with Gasteiger partial charge < -0.3 is 9.64 Å². The van der Waals surface area contributed by atoms with Crippen LogP contribution in [0.15, 0.2) is 66.3 Å². The zero-order valence-electron chi connectivity index (χ0n) is 14.2. The summed E-state index contributed by atoms with van der Waals surface area (Å²) >= 11 is 1.68. The van der Waals surface area contributed by atoms with Gasteiger partial charge in [-0.1, -0.05) is 12.1 Å². The first-order valence-electron chi connectivity index (χ1n) is 8.28. The normalized spacial score (nSPS) is 10.5. The number of carbonyl (C=O) groups excluding carboxylic acids is 1. The monoisotopic (exact) mass is 370 g/mol. The third-order valence-electron chi connectivity index (χ3n) is 3.83. The van der Waals surface area contributed by atoms with Crippen molar-refractivity contribution in [3.8, 4) is 5.75 Å². The Morgan fingerprint density at radius 2 is 2.00 bits per heavy atom. The van der Waals surface area contributed by atoms with Crippen molar-refractivity contribution in [3.05, 3.63) is 82.6 Å².